The zero-order chi connectivity index (χ0) is 10.0. The Morgan fingerprint density at radius 1 is 1.23 bits per heavy atom. The molecule has 1 aromatic carbocycles. The van der Waals surface area contributed by atoms with Crippen molar-refractivity contribution in [1.29, 1.82) is 0 Å². The Hall–Kier alpha value is -1.15. The molecule has 0 bridgehead atoms. The average molecular weight is 177 g/mol. The van der Waals surface area contributed by atoms with E-state index in [-0.39, 0.29) is 0 Å². The lowest BCUT2D eigenvalue weighted by Gasteiger charge is -2.12. The van der Waals surface area contributed by atoms with Crippen LogP contribution in [0.1, 0.15) is 28.3 Å². The molecule has 0 radical (unpaired) electrons. The highest BCUT2D eigenvalue weighted by atomic mass is 16.1. The standard InChI is InChI=1S/C11H15NO/c1-7-4-5-10(11(12)6-13)9(3)8(7)2/h4-6,11H,12H2,1-3H3. The number of aryl methyl sites for hydroxylation is 1. The van der Waals surface area contributed by atoms with Crippen LogP contribution in [-0.2, 0) is 4.79 Å². The van der Waals surface area contributed by atoms with Crippen LogP contribution in [0.25, 0.3) is 0 Å². The Kier molecular flexibility index (Phi) is 2.83. The van der Waals surface area contributed by atoms with E-state index in [1.807, 2.05) is 26.0 Å². The number of benzene rings is 1. The first-order chi connectivity index (χ1) is 6.07. The summed E-state index contributed by atoms with van der Waals surface area (Å²) in [5.41, 5.74) is 10.2. The molecule has 0 aromatic heterocycles. The van der Waals surface area contributed by atoms with Crippen LogP contribution in [0.3, 0.4) is 0 Å². The van der Waals surface area contributed by atoms with Crippen LogP contribution in [0.15, 0.2) is 12.1 Å². The Morgan fingerprint density at radius 3 is 2.38 bits per heavy atom. The van der Waals surface area contributed by atoms with Gasteiger partial charge in [0.15, 0.2) is 0 Å². The van der Waals surface area contributed by atoms with Crippen molar-refractivity contribution in [1.82, 2.24) is 0 Å². The third-order valence-corrected chi connectivity index (χ3v) is 2.61. The van der Waals surface area contributed by atoms with Gasteiger partial charge in [-0.15, -0.1) is 0 Å². The molecule has 1 atom stereocenters. The molecule has 0 saturated heterocycles. The van der Waals surface area contributed by atoms with Crippen LogP contribution in [0.2, 0.25) is 0 Å². The van der Waals surface area contributed by atoms with Crippen molar-refractivity contribution < 1.29 is 4.79 Å². The van der Waals surface area contributed by atoms with Crippen LogP contribution in [0.4, 0.5) is 0 Å². The van der Waals surface area contributed by atoms with E-state index in [9.17, 15) is 4.79 Å². The third kappa shape index (κ3) is 1.78. The maximum absolute atomic E-state index is 10.5. The van der Waals surface area contributed by atoms with E-state index >= 15 is 0 Å². The van der Waals surface area contributed by atoms with Crippen molar-refractivity contribution in [2.24, 2.45) is 5.73 Å². The first kappa shape index (κ1) is 9.93. The van der Waals surface area contributed by atoms with Crippen LogP contribution in [0, 0.1) is 20.8 Å². The number of hydrogen-bond donors (Lipinski definition) is 1. The first-order valence-corrected chi connectivity index (χ1v) is 4.35. The molecule has 0 spiro atoms. The smallest absolute Gasteiger partial charge is 0.141 e. The van der Waals surface area contributed by atoms with Crippen LogP contribution >= 0.6 is 0 Å². The van der Waals surface area contributed by atoms with Gasteiger partial charge in [-0.3, -0.25) is 0 Å². The zero-order valence-corrected chi connectivity index (χ0v) is 8.29. The summed E-state index contributed by atoms with van der Waals surface area (Å²) < 4.78 is 0. The number of carbonyl (C=O) groups is 1. The average Bonchev–Trinajstić information content (AvgIpc) is 2.13. The summed E-state index contributed by atoms with van der Waals surface area (Å²) in [5, 5.41) is 0. The fourth-order valence-corrected chi connectivity index (χ4v) is 1.41. The lowest BCUT2D eigenvalue weighted by atomic mass is 9.95. The van der Waals surface area contributed by atoms with E-state index in [1.165, 1.54) is 11.1 Å². The fourth-order valence-electron chi connectivity index (χ4n) is 1.41. The van der Waals surface area contributed by atoms with Crippen molar-refractivity contribution in [3.8, 4) is 0 Å². The third-order valence-electron chi connectivity index (χ3n) is 2.61. The van der Waals surface area contributed by atoms with E-state index in [2.05, 4.69) is 6.92 Å². The molecule has 2 heteroatoms. The highest BCUT2D eigenvalue weighted by Gasteiger charge is 2.09. The minimum absolute atomic E-state index is 0.487. The van der Waals surface area contributed by atoms with Gasteiger partial charge < -0.3 is 10.5 Å². The summed E-state index contributed by atoms with van der Waals surface area (Å²) >= 11 is 0. The molecule has 0 heterocycles. The molecule has 2 N–H and O–H groups in total. The second-order valence-electron chi connectivity index (χ2n) is 3.38. The Balaban J connectivity index is 3.25. The van der Waals surface area contributed by atoms with Gasteiger partial charge >= 0.3 is 0 Å². The molecule has 2 nitrogen and oxygen atoms in total. The predicted octanol–water partition coefficient (Wildman–Crippen LogP) is 1.81. The van der Waals surface area contributed by atoms with Crippen molar-refractivity contribution in [2.45, 2.75) is 26.8 Å². The van der Waals surface area contributed by atoms with Gasteiger partial charge in [0.2, 0.25) is 0 Å². The molecule has 70 valence electrons. The summed E-state index contributed by atoms with van der Waals surface area (Å²) in [4.78, 5) is 10.5. The van der Waals surface area contributed by atoms with Gasteiger partial charge in [-0.2, -0.15) is 0 Å². The molecule has 0 aliphatic heterocycles. The van der Waals surface area contributed by atoms with Crippen LogP contribution in [-0.4, -0.2) is 6.29 Å². The maximum atomic E-state index is 10.5. The Bertz CT molecular complexity index is 331. The molecule has 13 heavy (non-hydrogen) atoms. The second-order valence-corrected chi connectivity index (χ2v) is 3.38. The second kappa shape index (κ2) is 3.71. The summed E-state index contributed by atoms with van der Waals surface area (Å²) in [6.07, 6.45) is 0.775. The minimum atomic E-state index is -0.487. The molecular formula is C11H15NO. The van der Waals surface area contributed by atoms with E-state index in [0.717, 1.165) is 17.4 Å². The van der Waals surface area contributed by atoms with Crippen molar-refractivity contribution in [2.75, 3.05) is 0 Å². The first-order valence-electron chi connectivity index (χ1n) is 4.35. The topological polar surface area (TPSA) is 43.1 Å². The van der Waals surface area contributed by atoms with Gasteiger partial charge in [0.1, 0.15) is 6.29 Å². The number of nitrogens with two attached hydrogens (primary N) is 1. The number of aldehydes is 1. The number of rotatable bonds is 2. The van der Waals surface area contributed by atoms with Gasteiger partial charge in [0.25, 0.3) is 0 Å². The van der Waals surface area contributed by atoms with Crippen LogP contribution in [0.5, 0.6) is 0 Å². The van der Waals surface area contributed by atoms with Gasteiger partial charge in [-0.05, 0) is 43.0 Å². The molecular weight excluding hydrogens is 162 g/mol. The van der Waals surface area contributed by atoms with Crippen molar-refractivity contribution >= 4 is 6.29 Å². The van der Waals surface area contributed by atoms with Crippen LogP contribution < -0.4 is 5.73 Å². The SMILES string of the molecule is Cc1ccc(C(N)C=O)c(C)c1C. The highest BCUT2D eigenvalue weighted by Crippen LogP contribution is 2.20. The molecule has 0 aliphatic rings. The fraction of sp³-hybridized carbons (Fsp3) is 0.364. The summed E-state index contributed by atoms with van der Waals surface area (Å²) in [6.45, 7) is 6.10. The van der Waals surface area contributed by atoms with E-state index in [1.54, 1.807) is 0 Å². The number of carbonyl (C=O) groups excluding carboxylic acids is 1. The molecule has 1 unspecified atom stereocenters. The quantitative estimate of drug-likeness (QED) is 0.700. The Labute approximate surface area is 78.8 Å². The normalized spacial score (nSPS) is 12.6. The molecule has 0 saturated carbocycles. The largest absolute Gasteiger partial charge is 0.318 e. The highest BCUT2D eigenvalue weighted by molar-refractivity contribution is 5.63. The van der Waals surface area contributed by atoms with E-state index < -0.39 is 6.04 Å². The molecule has 0 aliphatic carbocycles. The lowest BCUT2D eigenvalue weighted by Crippen LogP contribution is -2.13. The van der Waals surface area contributed by atoms with E-state index in [4.69, 9.17) is 5.73 Å². The zero-order valence-electron chi connectivity index (χ0n) is 8.29. The maximum Gasteiger partial charge on any atom is 0.141 e. The summed E-state index contributed by atoms with van der Waals surface area (Å²) in [7, 11) is 0. The number of hydrogen-bond acceptors (Lipinski definition) is 2. The van der Waals surface area contributed by atoms with E-state index in [0.29, 0.717) is 0 Å². The van der Waals surface area contributed by atoms with Gasteiger partial charge in [-0.1, -0.05) is 12.1 Å². The predicted molar refractivity (Wildman–Crippen MR) is 53.6 cm³/mol. The molecule has 1 rings (SSSR count). The van der Waals surface area contributed by atoms with Gasteiger partial charge in [0, 0.05) is 0 Å². The Morgan fingerprint density at radius 2 is 1.85 bits per heavy atom. The van der Waals surface area contributed by atoms with Crippen molar-refractivity contribution in [3.63, 3.8) is 0 Å². The lowest BCUT2D eigenvalue weighted by molar-refractivity contribution is -0.109. The molecule has 1 aromatic rings. The molecule has 0 fully saturated rings. The molecule has 0 amide bonds. The van der Waals surface area contributed by atoms with Gasteiger partial charge in [-0.25, -0.2) is 0 Å². The minimum Gasteiger partial charge on any atom is -0.318 e. The monoisotopic (exact) mass is 177 g/mol. The van der Waals surface area contributed by atoms with Gasteiger partial charge in [0.05, 0.1) is 6.04 Å². The summed E-state index contributed by atoms with van der Waals surface area (Å²) in [5.74, 6) is 0. The summed E-state index contributed by atoms with van der Waals surface area (Å²) in [6, 6.07) is 3.44. The van der Waals surface area contributed by atoms with Crippen molar-refractivity contribution in [3.05, 3.63) is 34.4 Å².